The van der Waals surface area contributed by atoms with E-state index in [0.29, 0.717) is 37.0 Å². The Morgan fingerprint density at radius 3 is 2.45 bits per heavy atom. The van der Waals surface area contributed by atoms with E-state index < -0.39 is 0 Å². The Labute approximate surface area is 255 Å². The van der Waals surface area contributed by atoms with Crippen LogP contribution in [0.25, 0.3) is 10.9 Å². The van der Waals surface area contributed by atoms with Crippen molar-refractivity contribution in [1.82, 2.24) is 9.88 Å². The molecule has 7 heteroatoms. The number of carbonyl (C=O) groups is 1. The normalized spacial score (nSPS) is 11.8. The van der Waals surface area contributed by atoms with Crippen molar-refractivity contribution in [2.75, 3.05) is 7.11 Å². The highest BCUT2D eigenvalue weighted by Crippen LogP contribution is 2.39. The van der Waals surface area contributed by atoms with Gasteiger partial charge in [0.1, 0.15) is 18.2 Å². The average molecular weight is 589 g/mol. The molecule has 0 saturated carbocycles. The van der Waals surface area contributed by atoms with Gasteiger partial charge in [0, 0.05) is 36.0 Å². The number of furan rings is 1. The highest BCUT2D eigenvalue weighted by Gasteiger charge is 2.24. The van der Waals surface area contributed by atoms with Crippen molar-refractivity contribution in [2.24, 2.45) is 0 Å². The molecule has 0 saturated heterocycles. The molecule has 0 unspecified atom stereocenters. The summed E-state index contributed by atoms with van der Waals surface area (Å²) in [5.41, 5.74) is 5.00. The Balaban J connectivity index is 1.35. The number of fused-ring (bicyclic) bond motifs is 1. The van der Waals surface area contributed by atoms with Crippen molar-refractivity contribution < 1.29 is 23.1 Å². The van der Waals surface area contributed by atoms with Gasteiger partial charge in [0.15, 0.2) is 11.5 Å². The van der Waals surface area contributed by atoms with Crippen LogP contribution in [0.15, 0.2) is 126 Å². The van der Waals surface area contributed by atoms with E-state index in [0.717, 1.165) is 33.2 Å². The second-order valence-electron chi connectivity index (χ2n) is 10.7. The number of nitrogens with zero attached hydrogens (tertiary/aromatic N) is 1. The molecule has 0 aliphatic carbocycles. The minimum Gasteiger partial charge on any atom is -0.493 e. The molecule has 0 aliphatic rings. The maximum absolute atomic E-state index is 13.6. The highest BCUT2D eigenvalue weighted by molar-refractivity contribution is 5.87. The van der Waals surface area contributed by atoms with Crippen LogP contribution in [0.5, 0.6) is 11.5 Å². The number of benzene rings is 4. The summed E-state index contributed by atoms with van der Waals surface area (Å²) in [7, 11) is 1.62. The third kappa shape index (κ3) is 6.68. The molecule has 0 bridgehead atoms. The smallest absolute Gasteiger partial charge is 0.221 e. The first-order valence-corrected chi connectivity index (χ1v) is 14.5. The van der Waals surface area contributed by atoms with Crippen molar-refractivity contribution in [3.8, 4) is 11.5 Å². The van der Waals surface area contributed by atoms with Gasteiger partial charge in [-0.1, -0.05) is 66.7 Å². The minimum atomic E-state index is -0.289. The van der Waals surface area contributed by atoms with E-state index in [9.17, 15) is 9.18 Å². The van der Waals surface area contributed by atoms with Crippen LogP contribution < -0.4 is 14.8 Å². The third-order valence-electron chi connectivity index (χ3n) is 7.72. The van der Waals surface area contributed by atoms with E-state index >= 15 is 0 Å². The minimum absolute atomic E-state index is 0.106. The molecule has 6 aromatic rings. The number of methoxy groups -OCH3 is 1. The maximum Gasteiger partial charge on any atom is 0.221 e. The lowest BCUT2D eigenvalue weighted by Gasteiger charge is -2.19. The molecule has 0 radical (unpaired) electrons. The van der Waals surface area contributed by atoms with Gasteiger partial charge in [0.2, 0.25) is 5.91 Å². The number of ether oxygens (including phenoxy) is 2. The van der Waals surface area contributed by atoms with Crippen LogP contribution in [0.4, 0.5) is 4.39 Å². The Morgan fingerprint density at radius 1 is 0.886 bits per heavy atom. The summed E-state index contributed by atoms with van der Waals surface area (Å²) in [4.78, 5) is 13.4. The van der Waals surface area contributed by atoms with Crippen LogP contribution in [0.3, 0.4) is 0 Å². The van der Waals surface area contributed by atoms with Crippen LogP contribution in [0.1, 0.15) is 40.4 Å². The number of nitrogens with one attached hydrogen (secondary N) is 1. The first-order chi connectivity index (χ1) is 21.6. The second kappa shape index (κ2) is 13.3. The van der Waals surface area contributed by atoms with Gasteiger partial charge in [-0.05, 0) is 64.7 Å². The van der Waals surface area contributed by atoms with Gasteiger partial charge in [-0.15, -0.1) is 0 Å². The summed E-state index contributed by atoms with van der Waals surface area (Å²) in [6.45, 7) is 1.28. The van der Waals surface area contributed by atoms with E-state index in [4.69, 9.17) is 13.9 Å². The molecule has 0 aliphatic heterocycles. The molecule has 0 fully saturated rings. The number of halogens is 1. The fourth-order valence-electron chi connectivity index (χ4n) is 5.49. The van der Waals surface area contributed by atoms with Crippen molar-refractivity contribution in [1.29, 1.82) is 0 Å². The quantitative estimate of drug-likeness (QED) is 0.158. The Morgan fingerprint density at radius 2 is 1.68 bits per heavy atom. The third-order valence-corrected chi connectivity index (χ3v) is 7.72. The predicted molar refractivity (Wildman–Crippen MR) is 168 cm³/mol. The highest BCUT2D eigenvalue weighted by atomic mass is 19.1. The average Bonchev–Trinajstić information content (AvgIpc) is 3.72. The van der Waals surface area contributed by atoms with Gasteiger partial charge in [-0.25, -0.2) is 4.39 Å². The van der Waals surface area contributed by atoms with Crippen molar-refractivity contribution in [3.05, 3.63) is 155 Å². The molecule has 44 heavy (non-hydrogen) atoms. The Hall–Kier alpha value is -5.30. The van der Waals surface area contributed by atoms with E-state index in [1.54, 1.807) is 31.6 Å². The number of hydrogen-bond acceptors (Lipinski definition) is 4. The molecule has 1 amide bonds. The van der Waals surface area contributed by atoms with Gasteiger partial charge in [-0.3, -0.25) is 4.79 Å². The Kier molecular flexibility index (Phi) is 8.73. The number of amides is 1. The van der Waals surface area contributed by atoms with Gasteiger partial charge in [0.25, 0.3) is 0 Å². The van der Waals surface area contributed by atoms with Crippen molar-refractivity contribution in [3.63, 3.8) is 0 Å². The lowest BCUT2D eigenvalue weighted by Crippen LogP contribution is -2.24. The van der Waals surface area contributed by atoms with E-state index in [2.05, 4.69) is 28.2 Å². The molecule has 1 N–H and O–H groups in total. The van der Waals surface area contributed by atoms with Gasteiger partial charge < -0.3 is 23.8 Å². The van der Waals surface area contributed by atoms with Gasteiger partial charge in [-0.2, -0.15) is 0 Å². The van der Waals surface area contributed by atoms with Gasteiger partial charge in [0.05, 0.1) is 19.9 Å². The second-order valence-corrected chi connectivity index (χ2v) is 10.7. The summed E-state index contributed by atoms with van der Waals surface area (Å²) in [5.74, 6) is 1.24. The topological polar surface area (TPSA) is 65.6 Å². The fourth-order valence-corrected chi connectivity index (χ4v) is 5.49. The molecular weight excluding hydrogens is 555 g/mol. The monoisotopic (exact) mass is 588 g/mol. The first-order valence-electron chi connectivity index (χ1n) is 14.5. The number of hydrogen-bond donors (Lipinski definition) is 1. The SMILES string of the molecule is COc1cc([C@H](CC(=O)NCc2ccco2)c2cn(Cc3ccc(F)cc3)c3ccccc23)ccc1OCc1ccccc1. The van der Waals surface area contributed by atoms with Crippen molar-refractivity contribution in [2.45, 2.75) is 32.0 Å². The molecule has 222 valence electrons. The standard InChI is InChI=1S/C37H33FN2O4/c1-42-36-20-28(15-18-35(36)44-25-27-8-3-2-4-9-27)32(21-37(41)39-22-30-10-7-19-43-30)33-24-40(34-12-6-5-11-31(33)34)23-26-13-16-29(38)17-14-26/h2-20,24,32H,21-23,25H2,1H3,(H,39,41)/t32-/m0/s1. The zero-order chi connectivity index (χ0) is 30.3. The van der Waals surface area contributed by atoms with E-state index in [1.165, 1.54) is 12.1 Å². The molecule has 2 aromatic heterocycles. The molecule has 6 nitrogen and oxygen atoms in total. The summed E-state index contributed by atoms with van der Waals surface area (Å²) < 4.78 is 33.1. The van der Waals surface area contributed by atoms with Crippen LogP contribution in [0, 0.1) is 5.82 Å². The molecule has 2 heterocycles. The summed E-state index contributed by atoms with van der Waals surface area (Å²) in [6, 6.07) is 34.1. The fraction of sp³-hybridized carbons (Fsp3) is 0.162. The molecule has 4 aromatic carbocycles. The molecular formula is C37H33FN2O4. The summed E-state index contributed by atoms with van der Waals surface area (Å²) in [6.07, 6.45) is 3.90. The predicted octanol–water partition coefficient (Wildman–Crippen LogP) is 7.85. The zero-order valence-electron chi connectivity index (χ0n) is 24.4. The number of aromatic nitrogens is 1. The summed E-state index contributed by atoms with van der Waals surface area (Å²) >= 11 is 0. The molecule has 6 rings (SSSR count). The lowest BCUT2D eigenvalue weighted by atomic mass is 9.87. The number of rotatable bonds is 12. The van der Waals surface area contributed by atoms with Crippen LogP contribution in [-0.4, -0.2) is 17.6 Å². The van der Waals surface area contributed by atoms with E-state index in [-0.39, 0.29) is 24.1 Å². The number of para-hydroxylation sites is 1. The lowest BCUT2D eigenvalue weighted by molar-refractivity contribution is -0.121. The van der Waals surface area contributed by atoms with Crippen LogP contribution in [-0.2, 0) is 24.5 Å². The van der Waals surface area contributed by atoms with Crippen LogP contribution in [0.2, 0.25) is 0 Å². The zero-order valence-corrected chi connectivity index (χ0v) is 24.4. The van der Waals surface area contributed by atoms with Crippen molar-refractivity contribution >= 4 is 16.8 Å². The van der Waals surface area contributed by atoms with Gasteiger partial charge >= 0.3 is 0 Å². The molecule has 1 atom stereocenters. The first kappa shape index (κ1) is 28.8. The maximum atomic E-state index is 13.6. The molecule has 0 spiro atoms. The van der Waals surface area contributed by atoms with E-state index in [1.807, 2.05) is 66.7 Å². The summed E-state index contributed by atoms with van der Waals surface area (Å²) in [5, 5.41) is 4.05. The number of carbonyl (C=O) groups excluding carboxylic acids is 1. The Bertz CT molecular complexity index is 1830. The van der Waals surface area contributed by atoms with Crippen LogP contribution >= 0.6 is 0 Å². The largest absolute Gasteiger partial charge is 0.493 e.